The van der Waals surface area contributed by atoms with Crippen LogP contribution < -0.4 is 4.74 Å². The van der Waals surface area contributed by atoms with E-state index >= 15 is 0 Å². The van der Waals surface area contributed by atoms with Crippen LogP contribution in [-0.2, 0) is 21.8 Å². The number of non-ortho nitro benzene ring substituents is 1. The van der Waals surface area contributed by atoms with Crippen LogP contribution in [0.4, 0.5) is 5.69 Å². The van der Waals surface area contributed by atoms with Gasteiger partial charge in [-0.05, 0) is 37.3 Å². The molecule has 2 aliphatic rings. The molecule has 2 aliphatic heterocycles. The summed E-state index contributed by atoms with van der Waals surface area (Å²) in [6, 6.07) is 12.3. The first-order valence-corrected chi connectivity index (χ1v) is 8.81. The molecule has 0 radical (unpaired) electrons. The maximum absolute atomic E-state index is 11.1. The van der Waals surface area contributed by atoms with Crippen molar-refractivity contribution in [3.63, 3.8) is 0 Å². The highest BCUT2D eigenvalue weighted by Gasteiger charge is 2.52. The van der Waals surface area contributed by atoms with E-state index in [9.17, 15) is 10.1 Å². The van der Waals surface area contributed by atoms with Crippen LogP contribution in [0.15, 0.2) is 42.5 Å². The van der Waals surface area contributed by atoms with Gasteiger partial charge in [0.2, 0.25) is 0 Å². The molecule has 5 rings (SSSR count). The van der Waals surface area contributed by atoms with Gasteiger partial charge in [-0.1, -0.05) is 0 Å². The second-order valence-corrected chi connectivity index (χ2v) is 6.60. The molecule has 1 aromatic heterocycles. The minimum atomic E-state index is -1.11. The predicted molar refractivity (Wildman–Crippen MR) is 95.6 cm³/mol. The molecule has 3 heterocycles. The predicted octanol–water partition coefficient (Wildman–Crippen LogP) is 2.97. The fourth-order valence-electron chi connectivity index (χ4n) is 3.81. The summed E-state index contributed by atoms with van der Waals surface area (Å²) in [6.45, 7) is 3.59. The van der Waals surface area contributed by atoms with Crippen LogP contribution >= 0.6 is 0 Å². The molecule has 8 heteroatoms. The molecule has 0 amide bonds. The molecular weight excluding hydrogens is 350 g/mol. The van der Waals surface area contributed by atoms with Crippen LogP contribution in [0.3, 0.4) is 0 Å². The van der Waals surface area contributed by atoms with E-state index < -0.39 is 10.7 Å². The topological polar surface area (TPSA) is 88.7 Å². The minimum Gasteiger partial charge on any atom is -0.494 e. The van der Waals surface area contributed by atoms with Gasteiger partial charge in [-0.3, -0.25) is 10.1 Å². The van der Waals surface area contributed by atoms with Gasteiger partial charge in [-0.25, -0.2) is 4.98 Å². The lowest BCUT2D eigenvalue weighted by Gasteiger charge is -2.32. The molecule has 2 aromatic carbocycles. The molecule has 2 atom stereocenters. The van der Waals surface area contributed by atoms with Crippen molar-refractivity contribution in [3.05, 3.63) is 64.0 Å². The summed E-state index contributed by atoms with van der Waals surface area (Å²) in [6.07, 6.45) is -0.100. The molecule has 8 nitrogen and oxygen atoms in total. The number of hydrogen-bond donors (Lipinski definition) is 0. The number of fused-ring (bicyclic) bond motifs is 6. The maximum Gasteiger partial charge on any atom is 0.271 e. The molecule has 0 spiro atoms. The number of imidazole rings is 1. The van der Waals surface area contributed by atoms with Crippen LogP contribution in [0.1, 0.15) is 18.3 Å². The summed E-state index contributed by atoms with van der Waals surface area (Å²) in [4.78, 5) is 15.3. The zero-order valence-corrected chi connectivity index (χ0v) is 14.6. The van der Waals surface area contributed by atoms with Crippen molar-refractivity contribution < 1.29 is 19.1 Å². The Labute approximate surface area is 154 Å². The summed E-state index contributed by atoms with van der Waals surface area (Å²) in [5, 5.41) is 11.1. The zero-order chi connectivity index (χ0) is 18.6. The van der Waals surface area contributed by atoms with Gasteiger partial charge in [-0.15, -0.1) is 0 Å². The van der Waals surface area contributed by atoms with Gasteiger partial charge in [0, 0.05) is 17.7 Å². The van der Waals surface area contributed by atoms with Crippen molar-refractivity contribution in [2.75, 3.05) is 13.2 Å². The lowest BCUT2D eigenvalue weighted by molar-refractivity contribution is -0.384. The van der Waals surface area contributed by atoms with Crippen LogP contribution in [0.5, 0.6) is 5.75 Å². The highest BCUT2D eigenvalue weighted by Crippen LogP contribution is 2.45. The van der Waals surface area contributed by atoms with Crippen molar-refractivity contribution in [3.8, 4) is 5.75 Å². The molecule has 2 unspecified atom stereocenters. The van der Waals surface area contributed by atoms with Crippen molar-refractivity contribution in [1.29, 1.82) is 0 Å². The Morgan fingerprint density at radius 1 is 1.33 bits per heavy atom. The van der Waals surface area contributed by atoms with Gasteiger partial charge >= 0.3 is 0 Å². The zero-order valence-electron chi connectivity index (χ0n) is 14.6. The Balaban J connectivity index is 1.66. The fourth-order valence-corrected chi connectivity index (χ4v) is 3.81. The standard InChI is InChI=1S/C19H17N3O5/c1-2-25-14-6-3-12(4-7-14)19-18-20-16-9-13(22(23)24)5-8-17(16)21(18)10-15(27-19)11-26-19/h3-9,15H,2,10-11H2,1H3. The number of nitro benzene ring substituents is 1. The van der Waals surface area contributed by atoms with Crippen LogP contribution in [-0.4, -0.2) is 33.8 Å². The molecule has 138 valence electrons. The van der Waals surface area contributed by atoms with Gasteiger partial charge in [-0.2, -0.15) is 0 Å². The largest absolute Gasteiger partial charge is 0.494 e. The Hall–Kier alpha value is -2.97. The van der Waals surface area contributed by atoms with E-state index in [1.807, 2.05) is 35.8 Å². The number of rotatable bonds is 4. The van der Waals surface area contributed by atoms with E-state index in [0.29, 0.717) is 31.1 Å². The molecule has 1 saturated heterocycles. The number of nitrogens with zero attached hydrogens (tertiary/aromatic N) is 3. The molecule has 27 heavy (non-hydrogen) atoms. The molecule has 0 N–H and O–H groups in total. The van der Waals surface area contributed by atoms with E-state index in [4.69, 9.17) is 14.2 Å². The van der Waals surface area contributed by atoms with Crippen molar-refractivity contribution >= 4 is 16.7 Å². The Morgan fingerprint density at radius 3 is 2.89 bits per heavy atom. The first-order chi connectivity index (χ1) is 13.1. The van der Waals surface area contributed by atoms with Crippen molar-refractivity contribution in [2.45, 2.75) is 25.4 Å². The average molecular weight is 367 g/mol. The first kappa shape index (κ1) is 16.2. The summed E-state index contributed by atoms with van der Waals surface area (Å²) >= 11 is 0. The molecular formula is C19H17N3O5. The highest BCUT2D eigenvalue weighted by molar-refractivity contribution is 5.79. The highest BCUT2D eigenvalue weighted by atomic mass is 16.7. The summed E-state index contributed by atoms with van der Waals surface area (Å²) in [5.74, 6) is 0.268. The SMILES string of the molecule is CCOc1ccc(C23OCC(Cn4c2nc2cc([N+](=O)[O-])ccc24)O3)cc1. The lowest BCUT2D eigenvalue weighted by atomic mass is 10.0. The Morgan fingerprint density at radius 2 is 2.15 bits per heavy atom. The summed E-state index contributed by atoms with van der Waals surface area (Å²) in [5.41, 5.74) is 2.23. The third kappa shape index (κ3) is 2.34. The smallest absolute Gasteiger partial charge is 0.271 e. The van der Waals surface area contributed by atoms with Crippen molar-refractivity contribution in [1.82, 2.24) is 9.55 Å². The fraction of sp³-hybridized carbons (Fsp3) is 0.316. The van der Waals surface area contributed by atoms with Gasteiger partial charge < -0.3 is 18.8 Å². The van der Waals surface area contributed by atoms with E-state index in [1.54, 1.807) is 6.07 Å². The summed E-state index contributed by atoms with van der Waals surface area (Å²) in [7, 11) is 0. The number of hydrogen-bond acceptors (Lipinski definition) is 6. The number of benzene rings is 2. The van der Waals surface area contributed by atoms with Crippen LogP contribution in [0.2, 0.25) is 0 Å². The quantitative estimate of drug-likeness (QED) is 0.520. The average Bonchev–Trinajstić information content (AvgIpc) is 3.23. The first-order valence-electron chi connectivity index (χ1n) is 8.81. The molecule has 1 fully saturated rings. The van der Waals surface area contributed by atoms with Gasteiger partial charge in [0.15, 0.2) is 5.82 Å². The monoisotopic (exact) mass is 367 g/mol. The van der Waals surface area contributed by atoms with Gasteiger partial charge in [0.05, 0.1) is 35.7 Å². The van der Waals surface area contributed by atoms with E-state index in [-0.39, 0.29) is 11.8 Å². The van der Waals surface area contributed by atoms with Crippen molar-refractivity contribution in [2.24, 2.45) is 0 Å². The van der Waals surface area contributed by atoms with E-state index in [1.165, 1.54) is 12.1 Å². The summed E-state index contributed by atoms with van der Waals surface area (Å²) < 4.78 is 19.9. The maximum atomic E-state index is 11.1. The number of ether oxygens (including phenoxy) is 3. The Kier molecular flexibility index (Phi) is 3.46. The Bertz CT molecular complexity index is 1050. The van der Waals surface area contributed by atoms with Gasteiger partial charge in [0.1, 0.15) is 11.9 Å². The van der Waals surface area contributed by atoms with Gasteiger partial charge in [0.25, 0.3) is 11.5 Å². The molecule has 0 aliphatic carbocycles. The molecule has 3 aromatic rings. The normalized spacial score (nSPS) is 23.4. The third-order valence-electron chi connectivity index (χ3n) is 4.97. The molecule has 2 bridgehead atoms. The second kappa shape index (κ2) is 5.77. The van der Waals surface area contributed by atoms with E-state index in [0.717, 1.165) is 16.8 Å². The van der Waals surface area contributed by atoms with E-state index in [2.05, 4.69) is 4.98 Å². The van der Waals surface area contributed by atoms with Crippen LogP contribution in [0.25, 0.3) is 11.0 Å². The molecule has 0 saturated carbocycles. The minimum absolute atomic E-state index is 0.0139. The van der Waals surface area contributed by atoms with Crippen LogP contribution in [0, 0.1) is 10.1 Å². The lowest BCUT2D eigenvalue weighted by Crippen LogP contribution is -2.38. The number of aromatic nitrogens is 2. The second-order valence-electron chi connectivity index (χ2n) is 6.60. The number of nitro groups is 1. The third-order valence-corrected chi connectivity index (χ3v) is 4.97.